The second-order valence-corrected chi connectivity index (χ2v) is 8.69. The standard InChI is InChI=1S/C26H22Cl2FN3O2/c1-16-25(17(2)32(31-16)14-18-5-4-8-22(29)12-18)30-26(33)20-7-3-6-19(11-20)15-34-24-10-9-21(27)13-23(24)28/h3-13H,14-15H2,1-2H3,(H,30,33). The van der Waals surface area contributed by atoms with Crippen molar-refractivity contribution in [3.8, 4) is 5.75 Å². The lowest BCUT2D eigenvalue weighted by Crippen LogP contribution is -2.14. The Kier molecular flexibility index (Phi) is 7.20. The predicted octanol–water partition coefficient (Wildman–Crippen LogP) is 6.83. The normalized spacial score (nSPS) is 10.9. The highest BCUT2D eigenvalue weighted by Crippen LogP contribution is 2.28. The number of aromatic nitrogens is 2. The third-order valence-electron chi connectivity index (χ3n) is 5.32. The van der Waals surface area contributed by atoms with Gasteiger partial charge in [-0.3, -0.25) is 9.48 Å². The average Bonchev–Trinajstić information content (AvgIpc) is 3.06. The van der Waals surface area contributed by atoms with Crippen molar-refractivity contribution in [1.29, 1.82) is 0 Å². The van der Waals surface area contributed by atoms with Gasteiger partial charge < -0.3 is 10.1 Å². The maximum absolute atomic E-state index is 13.5. The van der Waals surface area contributed by atoms with Crippen molar-refractivity contribution in [3.05, 3.63) is 111 Å². The number of aryl methyl sites for hydroxylation is 1. The summed E-state index contributed by atoms with van der Waals surface area (Å²) >= 11 is 12.1. The minimum Gasteiger partial charge on any atom is -0.487 e. The van der Waals surface area contributed by atoms with Crippen LogP contribution in [0.3, 0.4) is 0 Å². The van der Waals surface area contributed by atoms with Crippen molar-refractivity contribution in [2.24, 2.45) is 0 Å². The third kappa shape index (κ3) is 5.58. The van der Waals surface area contributed by atoms with Gasteiger partial charge in [-0.1, -0.05) is 47.5 Å². The molecule has 34 heavy (non-hydrogen) atoms. The summed E-state index contributed by atoms with van der Waals surface area (Å²) in [5.74, 6) is -0.0458. The monoisotopic (exact) mass is 497 g/mol. The lowest BCUT2D eigenvalue weighted by Gasteiger charge is -2.10. The number of carbonyl (C=O) groups is 1. The molecule has 1 amide bonds. The molecule has 0 fully saturated rings. The molecule has 0 saturated heterocycles. The number of hydrogen-bond donors (Lipinski definition) is 1. The van der Waals surface area contributed by atoms with Crippen molar-refractivity contribution in [3.63, 3.8) is 0 Å². The molecular weight excluding hydrogens is 476 g/mol. The first-order valence-electron chi connectivity index (χ1n) is 10.6. The molecule has 4 aromatic rings. The Balaban J connectivity index is 1.46. The van der Waals surface area contributed by atoms with Crippen molar-refractivity contribution in [1.82, 2.24) is 9.78 Å². The third-order valence-corrected chi connectivity index (χ3v) is 5.85. The van der Waals surface area contributed by atoms with Crippen LogP contribution in [0.5, 0.6) is 5.75 Å². The van der Waals surface area contributed by atoms with Gasteiger partial charge in [-0.05, 0) is 67.4 Å². The number of hydrogen-bond acceptors (Lipinski definition) is 3. The number of halogens is 3. The van der Waals surface area contributed by atoms with E-state index in [-0.39, 0.29) is 18.3 Å². The van der Waals surface area contributed by atoms with Crippen molar-refractivity contribution < 1.29 is 13.9 Å². The number of anilines is 1. The van der Waals surface area contributed by atoms with Gasteiger partial charge in [0.05, 0.1) is 28.6 Å². The molecule has 0 aliphatic rings. The Morgan fingerprint density at radius 3 is 2.56 bits per heavy atom. The number of nitrogens with one attached hydrogen (secondary N) is 1. The fourth-order valence-electron chi connectivity index (χ4n) is 3.58. The Bertz CT molecular complexity index is 1350. The fourth-order valence-corrected chi connectivity index (χ4v) is 4.04. The molecule has 0 unspecified atom stereocenters. The molecule has 0 spiro atoms. The zero-order valence-corrected chi connectivity index (χ0v) is 20.1. The second-order valence-electron chi connectivity index (χ2n) is 7.85. The zero-order valence-electron chi connectivity index (χ0n) is 18.6. The summed E-state index contributed by atoms with van der Waals surface area (Å²) in [5, 5.41) is 8.42. The smallest absolute Gasteiger partial charge is 0.255 e. The number of ether oxygens (including phenoxy) is 1. The molecule has 0 atom stereocenters. The highest BCUT2D eigenvalue weighted by Gasteiger charge is 2.16. The van der Waals surface area contributed by atoms with Crippen molar-refractivity contribution in [2.45, 2.75) is 27.0 Å². The molecule has 1 aromatic heterocycles. The molecule has 5 nitrogen and oxygen atoms in total. The van der Waals surface area contributed by atoms with Crippen LogP contribution >= 0.6 is 23.2 Å². The van der Waals surface area contributed by atoms with Gasteiger partial charge >= 0.3 is 0 Å². The van der Waals surface area contributed by atoms with Gasteiger partial charge in [0.15, 0.2) is 0 Å². The van der Waals surface area contributed by atoms with E-state index < -0.39 is 0 Å². The first-order chi connectivity index (χ1) is 16.3. The number of nitrogens with zero attached hydrogens (tertiary/aromatic N) is 2. The Hall–Kier alpha value is -3.35. The quantitative estimate of drug-likeness (QED) is 0.304. The van der Waals surface area contributed by atoms with Crippen LogP contribution in [0.15, 0.2) is 66.7 Å². The maximum Gasteiger partial charge on any atom is 0.255 e. The SMILES string of the molecule is Cc1nn(Cc2cccc(F)c2)c(C)c1NC(=O)c1cccc(COc2ccc(Cl)cc2Cl)c1. The minimum absolute atomic E-state index is 0.242. The van der Waals surface area contributed by atoms with E-state index in [1.807, 2.05) is 26.0 Å². The first kappa shape index (κ1) is 23.8. The highest BCUT2D eigenvalue weighted by molar-refractivity contribution is 6.35. The molecule has 0 radical (unpaired) electrons. The summed E-state index contributed by atoms with van der Waals surface area (Å²) in [6, 6.07) is 18.6. The summed E-state index contributed by atoms with van der Waals surface area (Å²) in [6.45, 7) is 4.34. The molecule has 0 aliphatic carbocycles. The van der Waals surface area contributed by atoms with Crippen LogP contribution in [0.25, 0.3) is 0 Å². The highest BCUT2D eigenvalue weighted by atomic mass is 35.5. The van der Waals surface area contributed by atoms with Gasteiger partial charge in [0.1, 0.15) is 18.2 Å². The molecule has 1 heterocycles. The molecule has 0 aliphatic heterocycles. The maximum atomic E-state index is 13.5. The molecule has 3 aromatic carbocycles. The van der Waals surface area contributed by atoms with Crippen LogP contribution in [0.1, 0.15) is 32.9 Å². The average molecular weight is 498 g/mol. The Labute approximate surface area is 207 Å². The largest absolute Gasteiger partial charge is 0.487 e. The summed E-state index contributed by atoms with van der Waals surface area (Å²) < 4.78 is 21.1. The van der Waals surface area contributed by atoms with E-state index >= 15 is 0 Å². The van der Waals surface area contributed by atoms with E-state index in [9.17, 15) is 9.18 Å². The molecule has 0 bridgehead atoms. The Morgan fingerprint density at radius 1 is 1.03 bits per heavy atom. The van der Waals surface area contributed by atoms with E-state index in [0.717, 1.165) is 16.8 Å². The van der Waals surface area contributed by atoms with Gasteiger partial charge in [-0.2, -0.15) is 5.10 Å². The molecule has 1 N–H and O–H groups in total. The van der Waals surface area contributed by atoms with Crippen LogP contribution in [-0.2, 0) is 13.2 Å². The Morgan fingerprint density at radius 2 is 1.79 bits per heavy atom. The van der Waals surface area contributed by atoms with Gasteiger partial charge in [0.2, 0.25) is 0 Å². The number of carbonyl (C=O) groups excluding carboxylic acids is 1. The number of benzene rings is 3. The lowest BCUT2D eigenvalue weighted by molar-refractivity contribution is 0.102. The van der Waals surface area contributed by atoms with Crippen LogP contribution < -0.4 is 10.1 Å². The summed E-state index contributed by atoms with van der Waals surface area (Å²) in [5.41, 5.74) is 4.19. The van der Waals surface area contributed by atoms with E-state index in [4.69, 9.17) is 27.9 Å². The first-order valence-corrected chi connectivity index (χ1v) is 11.3. The molecular formula is C26H22Cl2FN3O2. The van der Waals surface area contributed by atoms with Gasteiger partial charge in [0, 0.05) is 10.6 Å². The van der Waals surface area contributed by atoms with E-state index in [2.05, 4.69) is 10.4 Å². The van der Waals surface area contributed by atoms with Crippen molar-refractivity contribution in [2.75, 3.05) is 5.32 Å². The van der Waals surface area contributed by atoms with Crippen LogP contribution in [0.2, 0.25) is 10.0 Å². The van der Waals surface area contributed by atoms with Gasteiger partial charge in [0.25, 0.3) is 5.91 Å². The topological polar surface area (TPSA) is 56.2 Å². The predicted molar refractivity (Wildman–Crippen MR) is 132 cm³/mol. The molecule has 8 heteroatoms. The van der Waals surface area contributed by atoms with Crippen molar-refractivity contribution >= 4 is 34.8 Å². The summed E-state index contributed by atoms with van der Waals surface area (Å²) in [4.78, 5) is 13.0. The second kappa shape index (κ2) is 10.3. The van der Waals surface area contributed by atoms with E-state index in [0.29, 0.717) is 39.3 Å². The zero-order chi connectivity index (χ0) is 24.2. The van der Waals surface area contributed by atoms with Crippen LogP contribution in [0, 0.1) is 19.7 Å². The summed E-state index contributed by atoms with van der Waals surface area (Å²) in [7, 11) is 0. The molecule has 4 rings (SSSR count). The van der Waals surface area contributed by atoms with E-state index in [1.54, 1.807) is 47.1 Å². The number of rotatable bonds is 7. The molecule has 0 saturated carbocycles. The van der Waals surface area contributed by atoms with Gasteiger partial charge in [-0.25, -0.2) is 4.39 Å². The fraction of sp³-hybridized carbons (Fsp3) is 0.154. The summed E-state index contributed by atoms with van der Waals surface area (Å²) in [6.07, 6.45) is 0. The van der Waals surface area contributed by atoms with Crippen LogP contribution in [-0.4, -0.2) is 15.7 Å². The van der Waals surface area contributed by atoms with E-state index in [1.165, 1.54) is 12.1 Å². The minimum atomic E-state index is -0.297. The number of amides is 1. The van der Waals surface area contributed by atoms with Crippen LogP contribution in [0.4, 0.5) is 10.1 Å². The molecule has 174 valence electrons. The lowest BCUT2D eigenvalue weighted by atomic mass is 10.1. The van der Waals surface area contributed by atoms with Gasteiger partial charge in [-0.15, -0.1) is 0 Å².